The molecule has 0 saturated carbocycles. The van der Waals surface area contributed by atoms with Crippen molar-refractivity contribution in [2.24, 2.45) is 0 Å². The van der Waals surface area contributed by atoms with Gasteiger partial charge in [0, 0.05) is 26.9 Å². The molecule has 0 fully saturated rings. The summed E-state index contributed by atoms with van der Waals surface area (Å²) in [7, 11) is 0. The van der Waals surface area contributed by atoms with E-state index in [4.69, 9.17) is 4.74 Å². The average Bonchev–Trinajstić information content (AvgIpc) is 2.37. The van der Waals surface area contributed by atoms with E-state index in [1.807, 2.05) is 0 Å². The molecular weight excluding hydrogens is 381 g/mol. The topological polar surface area (TPSA) is 39.2 Å². The number of esters is 1. The van der Waals surface area contributed by atoms with Gasteiger partial charge in [0.15, 0.2) is 0 Å². The molecule has 1 aromatic heterocycles. The Kier molecular flexibility index (Phi) is 4.66. The first kappa shape index (κ1) is 14.1. The molecule has 2 rings (SSSR count). The second-order valence-electron chi connectivity index (χ2n) is 3.70. The molecule has 0 amide bonds. The standard InChI is InChI=1S/C13H8Br2FNO2/c14-10-2-1-8(12(16)4-10)7-19-13(18)9-3-11(15)6-17-5-9/h1-6H,7H2. The Balaban J connectivity index is 2.04. The summed E-state index contributed by atoms with van der Waals surface area (Å²) in [6.07, 6.45) is 2.95. The summed E-state index contributed by atoms with van der Waals surface area (Å²) in [5.41, 5.74) is 0.631. The fourth-order valence-electron chi connectivity index (χ4n) is 1.39. The molecule has 19 heavy (non-hydrogen) atoms. The van der Waals surface area contributed by atoms with Gasteiger partial charge in [0.25, 0.3) is 0 Å². The van der Waals surface area contributed by atoms with Gasteiger partial charge >= 0.3 is 5.97 Å². The van der Waals surface area contributed by atoms with Crippen molar-refractivity contribution in [3.63, 3.8) is 0 Å². The Bertz CT molecular complexity index is 619. The van der Waals surface area contributed by atoms with Gasteiger partial charge in [-0.25, -0.2) is 9.18 Å². The molecule has 0 N–H and O–H groups in total. The van der Waals surface area contributed by atoms with Gasteiger partial charge in [-0.3, -0.25) is 4.98 Å². The quantitative estimate of drug-likeness (QED) is 0.743. The van der Waals surface area contributed by atoms with Crippen LogP contribution in [0.15, 0.2) is 45.6 Å². The van der Waals surface area contributed by atoms with Crippen LogP contribution in [0.2, 0.25) is 0 Å². The second kappa shape index (κ2) is 6.25. The molecule has 98 valence electrons. The molecule has 0 radical (unpaired) electrons. The number of aromatic nitrogens is 1. The Hall–Kier alpha value is -1.27. The van der Waals surface area contributed by atoms with Crippen LogP contribution in [-0.4, -0.2) is 11.0 Å². The maximum atomic E-state index is 13.5. The van der Waals surface area contributed by atoms with Gasteiger partial charge in [0.05, 0.1) is 5.56 Å². The average molecular weight is 389 g/mol. The Labute approximate surface area is 126 Å². The third kappa shape index (κ3) is 3.84. The molecular formula is C13H8Br2FNO2. The minimum Gasteiger partial charge on any atom is -0.457 e. The molecule has 1 aromatic carbocycles. The van der Waals surface area contributed by atoms with Crippen LogP contribution in [-0.2, 0) is 11.3 Å². The van der Waals surface area contributed by atoms with E-state index in [0.717, 1.165) is 0 Å². The zero-order valence-electron chi connectivity index (χ0n) is 9.57. The number of ether oxygens (including phenoxy) is 1. The van der Waals surface area contributed by atoms with Gasteiger partial charge in [-0.2, -0.15) is 0 Å². The summed E-state index contributed by atoms with van der Waals surface area (Å²) < 4.78 is 19.9. The van der Waals surface area contributed by atoms with E-state index in [-0.39, 0.29) is 6.61 Å². The largest absolute Gasteiger partial charge is 0.457 e. The van der Waals surface area contributed by atoms with Crippen LogP contribution < -0.4 is 0 Å². The Morgan fingerprint density at radius 3 is 2.68 bits per heavy atom. The van der Waals surface area contributed by atoms with Gasteiger partial charge in [0.2, 0.25) is 0 Å². The number of carbonyl (C=O) groups excluding carboxylic acids is 1. The predicted molar refractivity (Wildman–Crippen MR) is 75.2 cm³/mol. The van der Waals surface area contributed by atoms with Crippen molar-refractivity contribution in [1.29, 1.82) is 0 Å². The lowest BCUT2D eigenvalue weighted by atomic mass is 10.2. The van der Waals surface area contributed by atoms with Crippen LogP contribution in [0.25, 0.3) is 0 Å². The van der Waals surface area contributed by atoms with Gasteiger partial charge in [-0.1, -0.05) is 22.0 Å². The predicted octanol–water partition coefficient (Wildman–Crippen LogP) is 4.10. The SMILES string of the molecule is O=C(OCc1ccc(Br)cc1F)c1cncc(Br)c1. The van der Waals surface area contributed by atoms with Crippen LogP contribution in [0.1, 0.15) is 15.9 Å². The maximum absolute atomic E-state index is 13.5. The summed E-state index contributed by atoms with van der Waals surface area (Å²) in [5.74, 6) is -0.967. The number of nitrogens with zero attached hydrogens (tertiary/aromatic N) is 1. The monoisotopic (exact) mass is 387 g/mol. The molecule has 0 saturated heterocycles. The zero-order chi connectivity index (χ0) is 13.8. The number of rotatable bonds is 3. The van der Waals surface area contributed by atoms with E-state index in [0.29, 0.717) is 20.1 Å². The molecule has 2 aromatic rings. The highest BCUT2D eigenvalue weighted by Gasteiger charge is 2.10. The van der Waals surface area contributed by atoms with Crippen molar-refractivity contribution < 1.29 is 13.9 Å². The normalized spacial score (nSPS) is 10.3. The first-order valence-corrected chi connectivity index (χ1v) is 6.86. The molecule has 6 heteroatoms. The van der Waals surface area contributed by atoms with Gasteiger partial charge < -0.3 is 4.74 Å². The number of benzene rings is 1. The zero-order valence-corrected chi connectivity index (χ0v) is 12.7. The third-order valence-electron chi connectivity index (χ3n) is 2.31. The molecule has 0 atom stereocenters. The van der Waals surface area contributed by atoms with Gasteiger partial charge in [-0.05, 0) is 34.1 Å². The third-order valence-corrected chi connectivity index (χ3v) is 3.24. The minimum atomic E-state index is -0.545. The van der Waals surface area contributed by atoms with Gasteiger partial charge in [0.1, 0.15) is 12.4 Å². The molecule has 0 aliphatic heterocycles. The smallest absolute Gasteiger partial charge is 0.340 e. The van der Waals surface area contributed by atoms with Crippen LogP contribution in [0.5, 0.6) is 0 Å². The summed E-state index contributed by atoms with van der Waals surface area (Å²) in [4.78, 5) is 15.6. The van der Waals surface area contributed by atoms with Crippen molar-refractivity contribution in [1.82, 2.24) is 4.98 Å². The van der Waals surface area contributed by atoms with Crippen molar-refractivity contribution in [2.75, 3.05) is 0 Å². The number of carbonyl (C=O) groups is 1. The lowest BCUT2D eigenvalue weighted by Crippen LogP contribution is -2.06. The number of hydrogen-bond acceptors (Lipinski definition) is 3. The number of pyridine rings is 1. The maximum Gasteiger partial charge on any atom is 0.340 e. The summed E-state index contributed by atoms with van der Waals surface area (Å²) in [5, 5.41) is 0. The van der Waals surface area contributed by atoms with Gasteiger partial charge in [-0.15, -0.1) is 0 Å². The first-order valence-electron chi connectivity index (χ1n) is 5.28. The number of halogens is 3. The Morgan fingerprint density at radius 2 is 2.00 bits per heavy atom. The van der Waals surface area contributed by atoms with Crippen molar-refractivity contribution in [3.8, 4) is 0 Å². The van der Waals surface area contributed by atoms with E-state index in [2.05, 4.69) is 36.8 Å². The molecule has 1 heterocycles. The summed E-state index contributed by atoms with van der Waals surface area (Å²) >= 11 is 6.37. The van der Waals surface area contributed by atoms with Crippen LogP contribution in [0.3, 0.4) is 0 Å². The minimum absolute atomic E-state index is 0.121. The van der Waals surface area contributed by atoms with Crippen molar-refractivity contribution in [2.45, 2.75) is 6.61 Å². The molecule has 3 nitrogen and oxygen atoms in total. The lowest BCUT2D eigenvalue weighted by molar-refractivity contribution is 0.0468. The molecule has 0 unspecified atom stereocenters. The lowest BCUT2D eigenvalue weighted by Gasteiger charge is -2.06. The highest BCUT2D eigenvalue weighted by Crippen LogP contribution is 2.17. The fourth-order valence-corrected chi connectivity index (χ4v) is 2.09. The highest BCUT2D eigenvalue weighted by molar-refractivity contribution is 9.10. The van der Waals surface area contributed by atoms with Crippen LogP contribution in [0, 0.1) is 5.82 Å². The summed E-state index contributed by atoms with van der Waals surface area (Å²) in [6, 6.07) is 6.16. The molecule has 0 aliphatic rings. The van der Waals surface area contributed by atoms with E-state index < -0.39 is 11.8 Å². The highest BCUT2D eigenvalue weighted by atomic mass is 79.9. The molecule has 0 bridgehead atoms. The van der Waals surface area contributed by atoms with E-state index >= 15 is 0 Å². The summed E-state index contributed by atoms with van der Waals surface area (Å²) in [6.45, 7) is -0.121. The second-order valence-corrected chi connectivity index (χ2v) is 5.54. The molecule has 0 aliphatic carbocycles. The van der Waals surface area contributed by atoms with Crippen molar-refractivity contribution >= 4 is 37.8 Å². The Morgan fingerprint density at radius 1 is 1.21 bits per heavy atom. The van der Waals surface area contributed by atoms with E-state index in [1.165, 1.54) is 12.3 Å². The van der Waals surface area contributed by atoms with Crippen molar-refractivity contribution in [3.05, 3.63) is 62.5 Å². The van der Waals surface area contributed by atoms with Crippen LogP contribution in [0.4, 0.5) is 4.39 Å². The van der Waals surface area contributed by atoms with Crippen LogP contribution >= 0.6 is 31.9 Å². The first-order chi connectivity index (χ1) is 9.06. The molecule has 0 spiro atoms. The number of hydrogen-bond donors (Lipinski definition) is 0. The van der Waals surface area contributed by atoms with E-state index in [1.54, 1.807) is 24.4 Å². The fraction of sp³-hybridized carbons (Fsp3) is 0.0769. The van der Waals surface area contributed by atoms with E-state index in [9.17, 15) is 9.18 Å².